The predicted molar refractivity (Wildman–Crippen MR) is 52.3 cm³/mol. The van der Waals surface area contributed by atoms with E-state index >= 15 is 0 Å². The fraction of sp³-hybridized carbons (Fsp3) is 0.667. The molecule has 1 rings (SSSR count). The first-order chi connectivity index (χ1) is 7.02. The maximum absolute atomic E-state index is 12.7. The first-order valence-corrected chi connectivity index (χ1v) is 4.55. The normalized spacial score (nSPS) is 13.3. The Morgan fingerprint density at radius 1 is 1.47 bits per heavy atom. The lowest BCUT2D eigenvalue weighted by Crippen LogP contribution is -2.24. The highest BCUT2D eigenvalue weighted by atomic mass is 19.3. The van der Waals surface area contributed by atoms with Gasteiger partial charge >= 0.3 is 0 Å². The van der Waals surface area contributed by atoms with Crippen LogP contribution in [0.25, 0.3) is 0 Å². The van der Waals surface area contributed by atoms with E-state index in [9.17, 15) is 8.78 Å². The number of hydrogen-bond acceptors (Lipinski definition) is 3. The lowest BCUT2D eigenvalue weighted by molar-refractivity contribution is 0.100. The quantitative estimate of drug-likeness (QED) is 0.828. The summed E-state index contributed by atoms with van der Waals surface area (Å²) in [6.07, 6.45) is -2.49. The van der Waals surface area contributed by atoms with Gasteiger partial charge in [-0.25, -0.2) is 13.5 Å². The van der Waals surface area contributed by atoms with Crippen molar-refractivity contribution in [2.75, 3.05) is 14.2 Å². The molecule has 0 radical (unpaired) electrons. The number of ether oxygens (including phenoxy) is 1. The van der Waals surface area contributed by atoms with Gasteiger partial charge in [-0.15, -0.1) is 0 Å². The zero-order valence-corrected chi connectivity index (χ0v) is 9.21. The summed E-state index contributed by atoms with van der Waals surface area (Å²) in [4.78, 5) is 0. The van der Waals surface area contributed by atoms with Gasteiger partial charge in [-0.3, -0.25) is 0 Å². The molecule has 1 aromatic heterocycles. The van der Waals surface area contributed by atoms with Crippen LogP contribution in [0.2, 0.25) is 0 Å². The van der Waals surface area contributed by atoms with Crippen molar-refractivity contribution in [3.05, 3.63) is 11.3 Å². The molecule has 6 heteroatoms. The van der Waals surface area contributed by atoms with E-state index in [2.05, 4.69) is 10.4 Å². The van der Waals surface area contributed by atoms with Gasteiger partial charge in [-0.1, -0.05) is 0 Å². The minimum Gasteiger partial charge on any atom is -0.481 e. The Kier molecular flexibility index (Phi) is 3.62. The van der Waals surface area contributed by atoms with Crippen molar-refractivity contribution in [2.24, 2.45) is 7.05 Å². The number of alkyl halides is 2. The molecule has 1 heterocycles. The van der Waals surface area contributed by atoms with Gasteiger partial charge < -0.3 is 10.1 Å². The number of nitrogens with one attached hydrogen (secondary N) is 1. The van der Waals surface area contributed by atoms with Gasteiger partial charge in [0.25, 0.3) is 6.43 Å². The predicted octanol–water partition coefficient (Wildman–Crippen LogP) is 1.26. The van der Waals surface area contributed by atoms with E-state index in [0.29, 0.717) is 17.1 Å². The van der Waals surface area contributed by atoms with Gasteiger partial charge in [0.05, 0.1) is 18.4 Å². The summed E-state index contributed by atoms with van der Waals surface area (Å²) in [6, 6.07) is -1.05. The van der Waals surface area contributed by atoms with Crippen molar-refractivity contribution in [3.8, 4) is 5.88 Å². The molecule has 1 atom stereocenters. The minimum absolute atomic E-state index is 0.368. The Balaban J connectivity index is 3.21. The average Bonchev–Trinajstić information content (AvgIpc) is 2.42. The largest absolute Gasteiger partial charge is 0.481 e. The van der Waals surface area contributed by atoms with Crippen LogP contribution < -0.4 is 10.1 Å². The monoisotopic (exact) mass is 219 g/mol. The van der Waals surface area contributed by atoms with E-state index in [-0.39, 0.29) is 0 Å². The van der Waals surface area contributed by atoms with Crippen LogP contribution >= 0.6 is 0 Å². The highest BCUT2D eigenvalue weighted by Gasteiger charge is 2.28. The molecule has 0 amide bonds. The molecule has 0 saturated carbocycles. The molecule has 1 N–H and O–H groups in total. The summed E-state index contributed by atoms with van der Waals surface area (Å²) < 4.78 is 32.0. The van der Waals surface area contributed by atoms with Gasteiger partial charge in [0, 0.05) is 7.05 Å². The third kappa shape index (κ3) is 2.09. The van der Waals surface area contributed by atoms with E-state index in [0.717, 1.165) is 0 Å². The standard InChI is InChI=1S/C9H15F2N3O/c1-5-6(7(12-2)8(10)11)9(15-4)14(3)13-5/h7-8,12H,1-4H3. The Labute approximate surface area is 87.2 Å². The third-order valence-electron chi connectivity index (χ3n) is 2.28. The molecule has 0 aromatic carbocycles. The van der Waals surface area contributed by atoms with Crippen LogP contribution in [-0.2, 0) is 7.05 Å². The van der Waals surface area contributed by atoms with Crippen molar-refractivity contribution in [1.82, 2.24) is 15.1 Å². The molecule has 0 aliphatic heterocycles. The summed E-state index contributed by atoms with van der Waals surface area (Å²) in [6.45, 7) is 1.69. The molecular formula is C9H15F2N3O. The highest BCUT2D eigenvalue weighted by molar-refractivity contribution is 5.34. The fourth-order valence-electron chi connectivity index (χ4n) is 1.65. The number of halogens is 2. The van der Waals surface area contributed by atoms with Crippen LogP contribution in [0.1, 0.15) is 17.3 Å². The molecule has 1 aromatic rings. The van der Waals surface area contributed by atoms with Crippen molar-refractivity contribution in [2.45, 2.75) is 19.4 Å². The summed E-state index contributed by atoms with van der Waals surface area (Å²) >= 11 is 0. The molecule has 0 aliphatic rings. The van der Waals surface area contributed by atoms with Gasteiger partial charge in [0.1, 0.15) is 6.04 Å². The average molecular weight is 219 g/mol. The lowest BCUT2D eigenvalue weighted by Gasteiger charge is -2.16. The SMILES string of the molecule is CNC(c1c(C)nn(C)c1OC)C(F)F. The van der Waals surface area contributed by atoms with E-state index in [1.807, 2.05) is 0 Å². The summed E-state index contributed by atoms with van der Waals surface area (Å²) in [5.74, 6) is 0.368. The first-order valence-electron chi connectivity index (χ1n) is 4.55. The number of aromatic nitrogens is 2. The molecule has 0 bridgehead atoms. The first kappa shape index (κ1) is 11.9. The zero-order chi connectivity index (χ0) is 11.6. The van der Waals surface area contributed by atoms with Crippen molar-refractivity contribution >= 4 is 0 Å². The number of methoxy groups -OCH3 is 1. The van der Waals surface area contributed by atoms with E-state index < -0.39 is 12.5 Å². The van der Waals surface area contributed by atoms with Gasteiger partial charge in [0.2, 0.25) is 5.88 Å². The highest BCUT2D eigenvalue weighted by Crippen LogP contribution is 2.31. The third-order valence-corrected chi connectivity index (χ3v) is 2.28. The van der Waals surface area contributed by atoms with Crippen LogP contribution in [0.5, 0.6) is 5.88 Å². The molecule has 86 valence electrons. The minimum atomic E-state index is -2.49. The number of aryl methyl sites for hydroxylation is 2. The molecule has 0 spiro atoms. The molecule has 4 nitrogen and oxygen atoms in total. The second-order valence-corrected chi connectivity index (χ2v) is 3.23. The van der Waals surface area contributed by atoms with Gasteiger partial charge in [0.15, 0.2) is 0 Å². The second-order valence-electron chi connectivity index (χ2n) is 3.23. The van der Waals surface area contributed by atoms with E-state index in [4.69, 9.17) is 4.74 Å². The van der Waals surface area contributed by atoms with Gasteiger partial charge in [-0.2, -0.15) is 5.10 Å². The maximum Gasteiger partial charge on any atom is 0.258 e. The van der Waals surface area contributed by atoms with Crippen LogP contribution in [0.15, 0.2) is 0 Å². The van der Waals surface area contributed by atoms with Crippen LogP contribution in [0.3, 0.4) is 0 Å². The van der Waals surface area contributed by atoms with Crippen molar-refractivity contribution in [1.29, 1.82) is 0 Å². The molecule has 0 saturated heterocycles. The van der Waals surface area contributed by atoms with E-state index in [1.54, 1.807) is 14.0 Å². The van der Waals surface area contributed by atoms with E-state index in [1.165, 1.54) is 18.8 Å². The van der Waals surface area contributed by atoms with Crippen LogP contribution in [0, 0.1) is 6.92 Å². The molecule has 1 unspecified atom stereocenters. The lowest BCUT2D eigenvalue weighted by atomic mass is 10.1. The number of hydrogen-bond donors (Lipinski definition) is 1. The Morgan fingerprint density at radius 3 is 2.47 bits per heavy atom. The Morgan fingerprint density at radius 2 is 2.07 bits per heavy atom. The van der Waals surface area contributed by atoms with Crippen molar-refractivity contribution in [3.63, 3.8) is 0 Å². The fourth-order valence-corrected chi connectivity index (χ4v) is 1.65. The Hall–Kier alpha value is -1.17. The molecule has 0 fully saturated rings. The van der Waals surface area contributed by atoms with Crippen LogP contribution in [-0.4, -0.2) is 30.4 Å². The molecule has 15 heavy (non-hydrogen) atoms. The smallest absolute Gasteiger partial charge is 0.258 e. The summed E-state index contributed by atoms with van der Waals surface area (Å²) in [7, 11) is 4.59. The Bertz CT molecular complexity index is 338. The molecular weight excluding hydrogens is 204 g/mol. The zero-order valence-electron chi connectivity index (χ0n) is 9.21. The van der Waals surface area contributed by atoms with Crippen LogP contribution in [0.4, 0.5) is 8.78 Å². The second kappa shape index (κ2) is 4.57. The number of rotatable bonds is 4. The summed E-state index contributed by atoms with van der Waals surface area (Å²) in [5.41, 5.74) is 0.964. The van der Waals surface area contributed by atoms with Crippen molar-refractivity contribution < 1.29 is 13.5 Å². The summed E-state index contributed by atoms with van der Waals surface area (Å²) in [5, 5.41) is 6.61. The number of nitrogens with zero attached hydrogens (tertiary/aromatic N) is 2. The maximum atomic E-state index is 12.7. The topological polar surface area (TPSA) is 39.1 Å². The van der Waals surface area contributed by atoms with Gasteiger partial charge in [-0.05, 0) is 14.0 Å². The molecule has 0 aliphatic carbocycles.